The third-order valence-corrected chi connectivity index (χ3v) is 2.73. The molecule has 0 unspecified atom stereocenters. The maximum absolute atomic E-state index is 12.1. The van der Waals surface area contributed by atoms with Crippen molar-refractivity contribution in [1.82, 2.24) is 0 Å². The van der Waals surface area contributed by atoms with Gasteiger partial charge in [-0.2, -0.15) is 0 Å². The smallest absolute Gasteiger partial charge is 0.0362 e. The summed E-state index contributed by atoms with van der Waals surface area (Å²) in [5.74, 6) is 0. The number of nitrogen functional groups attached to an aromatic ring is 1. The highest BCUT2D eigenvalue weighted by atomic mass is 16.5. The molecule has 0 aliphatic rings. The number of hydrogen-bond acceptors (Lipinski definition) is 4. The fourth-order valence-corrected chi connectivity index (χ4v) is 1.64. The molecule has 0 aliphatic carbocycles. The van der Waals surface area contributed by atoms with Crippen LogP contribution in [0.2, 0.25) is 0 Å². The standard InChI is InChI=1S/C14H16N3O/c1-16(2)12-7-9-14(10-8-12)17(18)13-5-3-11(15)4-6-13/h3-10H,15H2,1-2H3/q-1. The zero-order valence-electron chi connectivity index (χ0n) is 10.5. The van der Waals surface area contributed by atoms with Gasteiger partial charge in [0, 0.05) is 36.8 Å². The highest BCUT2D eigenvalue weighted by molar-refractivity contribution is 5.67. The molecule has 0 aliphatic heterocycles. The Balaban J connectivity index is 2.23. The van der Waals surface area contributed by atoms with Crippen molar-refractivity contribution in [2.75, 3.05) is 29.8 Å². The maximum atomic E-state index is 12.1. The molecule has 2 aromatic rings. The van der Waals surface area contributed by atoms with Gasteiger partial charge in [0.15, 0.2) is 0 Å². The van der Waals surface area contributed by atoms with E-state index in [0.717, 1.165) is 10.8 Å². The average molecular weight is 242 g/mol. The van der Waals surface area contributed by atoms with E-state index in [0.29, 0.717) is 17.1 Å². The molecule has 2 aromatic carbocycles. The van der Waals surface area contributed by atoms with Gasteiger partial charge in [-0.3, -0.25) is 0 Å². The van der Waals surface area contributed by atoms with Crippen LogP contribution >= 0.6 is 0 Å². The summed E-state index contributed by atoms with van der Waals surface area (Å²) in [5.41, 5.74) is 8.47. The minimum Gasteiger partial charge on any atom is -0.754 e. The Morgan fingerprint density at radius 3 is 1.61 bits per heavy atom. The first-order valence-corrected chi connectivity index (χ1v) is 5.68. The van der Waals surface area contributed by atoms with Crippen molar-refractivity contribution in [1.29, 1.82) is 0 Å². The van der Waals surface area contributed by atoms with Crippen molar-refractivity contribution < 1.29 is 0 Å². The molecule has 2 rings (SSSR count). The van der Waals surface area contributed by atoms with Crippen LogP contribution in [0.4, 0.5) is 22.7 Å². The van der Waals surface area contributed by atoms with E-state index in [4.69, 9.17) is 5.73 Å². The van der Waals surface area contributed by atoms with Gasteiger partial charge in [-0.05, 0) is 48.5 Å². The molecule has 2 N–H and O–H groups in total. The highest BCUT2D eigenvalue weighted by Gasteiger charge is 2.00. The molecule has 0 radical (unpaired) electrons. The third kappa shape index (κ3) is 2.55. The van der Waals surface area contributed by atoms with Crippen molar-refractivity contribution in [2.45, 2.75) is 0 Å². The van der Waals surface area contributed by atoms with Crippen LogP contribution in [0.25, 0.3) is 0 Å². The van der Waals surface area contributed by atoms with Crippen molar-refractivity contribution in [3.05, 3.63) is 53.7 Å². The number of rotatable bonds is 3. The Morgan fingerprint density at radius 2 is 1.17 bits per heavy atom. The predicted molar refractivity (Wildman–Crippen MR) is 77.1 cm³/mol. The largest absolute Gasteiger partial charge is 0.754 e. The number of hydrogen-bond donors (Lipinski definition) is 1. The lowest BCUT2D eigenvalue weighted by Gasteiger charge is -2.31. The fourth-order valence-electron chi connectivity index (χ4n) is 1.64. The van der Waals surface area contributed by atoms with Crippen molar-refractivity contribution >= 4 is 22.7 Å². The van der Waals surface area contributed by atoms with Crippen LogP contribution in [-0.4, -0.2) is 14.1 Å². The molecule has 0 heterocycles. The van der Waals surface area contributed by atoms with E-state index in [9.17, 15) is 5.21 Å². The van der Waals surface area contributed by atoms with Crippen LogP contribution in [-0.2, 0) is 0 Å². The first-order valence-electron chi connectivity index (χ1n) is 5.68. The second-order valence-electron chi connectivity index (χ2n) is 4.30. The number of nitrogens with zero attached hydrogens (tertiary/aromatic N) is 2. The average Bonchev–Trinajstić information content (AvgIpc) is 2.39. The second-order valence-corrected chi connectivity index (χ2v) is 4.30. The van der Waals surface area contributed by atoms with Crippen LogP contribution in [0.3, 0.4) is 0 Å². The molecular formula is C14H16N3O-. The summed E-state index contributed by atoms with van der Waals surface area (Å²) >= 11 is 0. The summed E-state index contributed by atoms with van der Waals surface area (Å²) in [5, 5.41) is 13.0. The Kier molecular flexibility index (Phi) is 3.39. The Bertz CT molecular complexity index is 506. The van der Waals surface area contributed by atoms with Gasteiger partial charge in [0.1, 0.15) is 0 Å². The van der Waals surface area contributed by atoms with E-state index < -0.39 is 0 Å². The van der Waals surface area contributed by atoms with Gasteiger partial charge in [0.25, 0.3) is 0 Å². The van der Waals surface area contributed by atoms with Gasteiger partial charge in [-0.25, -0.2) is 0 Å². The van der Waals surface area contributed by atoms with Gasteiger partial charge in [0.05, 0.1) is 0 Å². The summed E-state index contributed by atoms with van der Waals surface area (Å²) in [4.78, 5) is 1.99. The summed E-state index contributed by atoms with van der Waals surface area (Å²) in [6.45, 7) is 0. The molecule has 0 spiro atoms. The molecule has 0 amide bonds. The SMILES string of the molecule is CN(C)c1ccc(N([O-])c2ccc(N)cc2)cc1. The van der Waals surface area contributed by atoms with Gasteiger partial charge < -0.3 is 20.9 Å². The Morgan fingerprint density at radius 1 is 0.778 bits per heavy atom. The minimum atomic E-state index is 0.571. The maximum Gasteiger partial charge on any atom is 0.0362 e. The van der Waals surface area contributed by atoms with Crippen LogP contribution in [0.5, 0.6) is 0 Å². The summed E-state index contributed by atoms with van der Waals surface area (Å²) in [7, 11) is 3.92. The Labute approximate surface area is 107 Å². The molecule has 4 nitrogen and oxygen atoms in total. The van der Waals surface area contributed by atoms with Gasteiger partial charge >= 0.3 is 0 Å². The molecule has 94 valence electrons. The first kappa shape index (κ1) is 12.3. The van der Waals surface area contributed by atoms with Crippen molar-refractivity contribution in [3.63, 3.8) is 0 Å². The number of anilines is 4. The van der Waals surface area contributed by atoms with Crippen LogP contribution < -0.4 is 15.7 Å². The van der Waals surface area contributed by atoms with Crippen LogP contribution in [0, 0.1) is 5.21 Å². The van der Waals surface area contributed by atoms with Gasteiger partial charge in [0.2, 0.25) is 0 Å². The first-order chi connectivity index (χ1) is 8.58. The minimum absolute atomic E-state index is 0.571. The van der Waals surface area contributed by atoms with E-state index in [1.165, 1.54) is 0 Å². The highest BCUT2D eigenvalue weighted by Crippen LogP contribution is 2.26. The molecule has 4 heteroatoms. The quantitative estimate of drug-likeness (QED) is 0.664. The zero-order chi connectivity index (χ0) is 13.1. The monoisotopic (exact) mass is 242 g/mol. The molecule has 0 fully saturated rings. The van der Waals surface area contributed by atoms with Gasteiger partial charge in [-0.1, -0.05) is 0 Å². The van der Waals surface area contributed by atoms with E-state index >= 15 is 0 Å². The number of benzene rings is 2. The Hall–Kier alpha value is -2.20. The summed E-state index contributed by atoms with van der Waals surface area (Å²) < 4.78 is 0. The third-order valence-electron chi connectivity index (χ3n) is 2.73. The molecular weight excluding hydrogens is 226 g/mol. The lowest BCUT2D eigenvalue weighted by Crippen LogP contribution is -2.10. The van der Waals surface area contributed by atoms with Crippen LogP contribution in [0.15, 0.2) is 48.5 Å². The molecule has 0 atom stereocenters. The topological polar surface area (TPSA) is 55.6 Å². The lowest BCUT2D eigenvalue weighted by atomic mass is 10.2. The fraction of sp³-hybridized carbons (Fsp3) is 0.143. The molecule has 18 heavy (non-hydrogen) atoms. The van der Waals surface area contributed by atoms with E-state index in [1.807, 2.05) is 31.1 Å². The summed E-state index contributed by atoms with van der Waals surface area (Å²) in [6.07, 6.45) is 0. The van der Waals surface area contributed by atoms with Crippen molar-refractivity contribution in [2.24, 2.45) is 0 Å². The lowest BCUT2D eigenvalue weighted by molar-refractivity contribution is 1.13. The van der Waals surface area contributed by atoms with E-state index in [-0.39, 0.29) is 0 Å². The molecule has 0 bridgehead atoms. The van der Waals surface area contributed by atoms with Gasteiger partial charge in [-0.15, -0.1) is 0 Å². The summed E-state index contributed by atoms with van der Waals surface area (Å²) in [6, 6.07) is 14.3. The second kappa shape index (κ2) is 4.98. The van der Waals surface area contributed by atoms with E-state index in [1.54, 1.807) is 36.4 Å². The molecule has 0 saturated heterocycles. The van der Waals surface area contributed by atoms with E-state index in [2.05, 4.69) is 0 Å². The van der Waals surface area contributed by atoms with Crippen LogP contribution in [0.1, 0.15) is 0 Å². The predicted octanol–water partition coefficient (Wildman–Crippen LogP) is 2.97. The zero-order valence-corrected chi connectivity index (χ0v) is 10.5. The normalized spacial score (nSPS) is 10.2. The van der Waals surface area contributed by atoms with Crippen molar-refractivity contribution in [3.8, 4) is 0 Å². The molecule has 0 aromatic heterocycles. The number of nitrogens with two attached hydrogens (primary N) is 1. The molecule has 0 saturated carbocycles.